The predicted octanol–water partition coefficient (Wildman–Crippen LogP) is 2.80. The van der Waals surface area contributed by atoms with Crippen LogP contribution in [0.25, 0.3) is 0 Å². The van der Waals surface area contributed by atoms with Crippen LogP contribution < -0.4 is 10.6 Å². The van der Waals surface area contributed by atoms with Crippen molar-refractivity contribution < 1.29 is 4.74 Å². The second-order valence-corrected chi connectivity index (χ2v) is 8.61. The molecule has 1 atom stereocenters. The number of hydrogen-bond donors (Lipinski definition) is 2. The Morgan fingerprint density at radius 1 is 1.18 bits per heavy atom. The zero-order valence-corrected chi connectivity index (χ0v) is 18.8. The lowest BCUT2D eigenvalue weighted by Crippen LogP contribution is -2.46. The molecule has 1 aromatic rings. The van der Waals surface area contributed by atoms with Crippen LogP contribution in [0.15, 0.2) is 22.5 Å². The van der Waals surface area contributed by atoms with Gasteiger partial charge in [0.05, 0.1) is 19.3 Å². The smallest absolute Gasteiger partial charge is 0.191 e. The molecule has 1 aliphatic rings. The molecule has 0 radical (unpaired) electrons. The summed E-state index contributed by atoms with van der Waals surface area (Å²) in [6, 6.07) is 4.75. The minimum Gasteiger partial charge on any atom is -0.379 e. The molecule has 7 heteroatoms. The van der Waals surface area contributed by atoms with Crippen LogP contribution in [0, 0.1) is 0 Å². The fourth-order valence-electron chi connectivity index (χ4n) is 3.48. The third-order valence-corrected chi connectivity index (χ3v) is 6.09. The maximum Gasteiger partial charge on any atom is 0.191 e. The number of nitrogens with one attached hydrogen (secondary N) is 2. The highest BCUT2D eigenvalue weighted by Gasteiger charge is 2.23. The SMILES string of the molecule is CN=C(NCCCCCCCN(C)C)NCC(c1cccs1)N1CCOCC1. The van der Waals surface area contributed by atoms with Crippen molar-refractivity contribution in [3.8, 4) is 0 Å². The predicted molar refractivity (Wildman–Crippen MR) is 120 cm³/mol. The summed E-state index contributed by atoms with van der Waals surface area (Å²) in [5.74, 6) is 0.905. The Labute approximate surface area is 175 Å². The fourth-order valence-corrected chi connectivity index (χ4v) is 4.34. The Kier molecular flexibility index (Phi) is 11.5. The van der Waals surface area contributed by atoms with Crippen molar-refractivity contribution in [3.63, 3.8) is 0 Å². The maximum absolute atomic E-state index is 5.53. The number of ether oxygens (including phenoxy) is 1. The average Bonchev–Trinajstić information content (AvgIpc) is 3.23. The lowest BCUT2D eigenvalue weighted by atomic mass is 10.1. The number of hydrogen-bond acceptors (Lipinski definition) is 5. The Morgan fingerprint density at radius 2 is 1.93 bits per heavy atom. The van der Waals surface area contributed by atoms with Crippen molar-refractivity contribution in [2.45, 2.75) is 38.1 Å². The minimum atomic E-state index is 0.374. The van der Waals surface area contributed by atoms with Gasteiger partial charge in [-0.2, -0.15) is 0 Å². The average molecular weight is 410 g/mol. The third kappa shape index (κ3) is 8.90. The molecule has 0 saturated carbocycles. The minimum absolute atomic E-state index is 0.374. The van der Waals surface area contributed by atoms with E-state index >= 15 is 0 Å². The number of nitrogens with zero attached hydrogens (tertiary/aromatic N) is 3. The number of aliphatic imine (C=N–C) groups is 1. The van der Waals surface area contributed by atoms with Crippen molar-refractivity contribution >= 4 is 17.3 Å². The highest BCUT2D eigenvalue weighted by molar-refractivity contribution is 7.10. The van der Waals surface area contributed by atoms with Crippen LogP contribution in [0.1, 0.15) is 43.0 Å². The highest BCUT2D eigenvalue weighted by atomic mass is 32.1. The molecule has 1 aromatic heterocycles. The van der Waals surface area contributed by atoms with Crippen LogP contribution in [0.4, 0.5) is 0 Å². The van der Waals surface area contributed by atoms with Gasteiger partial charge in [-0.3, -0.25) is 9.89 Å². The molecule has 1 saturated heterocycles. The molecule has 2 heterocycles. The fraction of sp³-hybridized carbons (Fsp3) is 0.762. The van der Waals surface area contributed by atoms with Crippen LogP contribution in [-0.4, -0.2) is 82.8 Å². The molecule has 1 fully saturated rings. The number of morpholine rings is 1. The van der Waals surface area contributed by atoms with Gasteiger partial charge in [0.1, 0.15) is 0 Å². The molecule has 160 valence electrons. The number of thiophene rings is 1. The van der Waals surface area contributed by atoms with Crippen LogP contribution in [0.3, 0.4) is 0 Å². The Hall–Kier alpha value is -1.15. The van der Waals surface area contributed by atoms with E-state index in [0.717, 1.165) is 45.4 Å². The summed E-state index contributed by atoms with van der Waals surface area (Å²) in [6.07, 6.45) is 6.42. The molecule has 1 aliphatic heterocycles. The second-order valence-electron chi connectivity index (χ2n) is 7.63. The van der Waals surface area contributed by atoms with Gasteiger partial charge in [-0.05, 0) is 44.9 Å². The first-order chi connectivity index (χ1) is 13.7. The molecule has 0 amide bonds. The van der Waals surface area contributed by atoms with E-state index in [-0.39, 0.29) is 0 Å². The van der Waals surface area contributed by atoms with Crippen molar-refractivity contribution in [3.05, 3.63) is 22.4 Å². The van der Waals surface area contributed by atoms with E-state index < -0.39 is 0 Å². The van der Waals surface area contributed by atoms with Crippen LogP contribution in [0.2, 0.25) is 0 Å². The molecule has 2 N–H and O–H groups in total. The topological polar surface area (TPSA) is 52.1 Å². The molecule has 0 spiro atoms. The monoisotopic (exact) mass is 409 g/mol. The molecule has 0 bridgehead atoms. The largest absolute Gasteiger partial charge is 0.379 e. The van der Waals surface area contributed by atoms with Gasteiger partial charge in [0.15, 0.2) is 5.96 Å². The van der Waals surface area contributed by atoms with Gasteiger partial charge in [0.2, 0.25) is 0 Å². The second kappa shape index (κ2) is 13.9. The summed E-state index contributed by atoms with van der Waals surface area (Å²) in [4.78, 5) is 10.6. The van der Waals surface area contributed by atoms with Crippen LogP contribution in [0.5, 0.6) is 0 Å². The quantitative estimate of drug-likeness (QED) is 0.316. The van der Waals surface area contributed by atoms with Gasteiger partial charge in [0.25, 0.3) is 0 Å². The van der Waals surface area contributed by atoms with Crippen molar-refractivity contribution in [1.29, 1.82) is 0 Å². The molecule has 6 nitrogen and oxygen atoms in total. The first-order valence-electron chi connectivity index (χ1n) is 10.6. The van der Waals surface area contributed by atoms with Gasteiger partial charge in [-0.25, -0.2) is 0 Å². The summed E-state index contributed by atoms with van der Waals surface area (Å²) < 4.78 is 5.53. The summed E-state index contributed by atoms with van der Waals surface area (Å²) in [6.45, 7) is 6.67. The van der Waals surface area contributed by atoms with E-state index in [0.29, 0.717) is 6.04 Å². The van der Waals surface area contributed by atoms with Crippen LogP contribution in [-0.2, 0) is 4.74 Å². The van der Waals surface area contributed by atoms with E-state index in [2.05, 4.69) is 57.0 Å². The van der Waals surface area contributed by atoms with Crippen molar-refractivity contribution in [1.82, 2.24) is 20.4 Å². The lowest BCUT2D eigenvalue weighted by Gasteiger charge is -2.34. The van der Waals surface area contributed by atoms with Crippen molar-refractivity contribution in [2.75, 3.05) is 67.1 Å². The third-order valence-electron chi connectivity index (χ3n) is 5.12. The van der Waals surface area contributed by atoms with Gasteiger partial charge >= 0.3 is 0 Å². The number of unbranched alkanes of at least 4 members (excludes halogenated alkanes) is 4. The van der Waals surface area contributed by atoms with Gasteiger partial charge < -0.3 is 20.3 Å². The molecule has 28 heavy (non-hydrogen) atoms. The molecule has 0 aromatic carbocycles. The Balaban J connectivity index is 1.66. The Morgan fingerprint density at radius 3 is 2.61 bits per heavy atom. The number of guanidine groups is 1. The van der Waals surface area contributed by atoms with Gasteiger partial charge in [-0.1, -0.05) is 25.3 Å². The van der Waals surface area contributed by atoms with E-state index in [1.807, 2.05) is 18.4 Å². The van der Waals surface area contributed by atoms with E-state index in [9.17, 15) is 0 Å². The molecular weight excluding hydrogens is 370 g/mol. The lowest BCUT2D eigenvalue weighted by molar-refractivity contribution is 0.0177. The number of rotatable bonds is 12. The molecular formula is C21H39N5OS. The maximum atomic E-state index is 5.53. The van der Waals surface area contributed by atoms with E-state index in [4.69, 9.17) is 4.74 Å². The molecule has 0 aliphatic carbocycles. The van der Waals surface area contributed by atoms with Gasteiger partial charge in [0, 0.05) is 38.1 Å². The van der Waals surface area contributed by atoms with E-state index in [1.165, 1.54) is 43.5 Å². The first-order valence-corrected chi connectivity index (χ1v) is 11.5. The summed E-state index contributed by atoms with van der Waals surface area (Å²) >= 11 is 1.83. The van der Waals surface area contributed by atoms with Gasteiger partial charge in [-0.15, -0.1) is 11.3 Å². The zero-order chi connectivity index (χ0) is 20.0. The molecule has 1 unspecified atom stereocenters. The van der Waals surface area contributed by atoms with Crippen molar-refractivity contribution in [2.24, 2.45) is 4.99 Å². The normalized spacial score (nSPS) is 17.1. The van der Waals surface area contributed by atoms with Crippen LogP contribution >= 0.6 is 11.3 Å². The summed E-state index contributed by atoms with van der Waals surface area (Å²) in [5.41, 5.74) is 0. The highest BCUT2D eigenvalue weighted by Crippen LogP contribution is 2.25. The first kappa shape index (κ1) is 23.1. The standard InChI is InChI=1S/C21H39N5OS/c1-22-21(23-11-7-5-4-6-8-12-25(2)3)24-18-19(20-10-9-17-28-20)26-13-15-27-16-14-26/h9-10,17,19H,4-8,11-16,18H2,1-3H3,(H2,22,23,24). The summed E-state index contributed by atoms with van der Waals surface area (Å²) in [7, 11) is 6.14. The van der Waals surface area contributed by atoms with E-state index in [1.54, 1.807) is 0 Å². The summed E-state index contributed by atoms with van der Waals surface area (Å²) in [5, 5.41) is 9.17. The molecule has 2 rings (SSSR count). The zero-order valence-electron chi connectivity index (χ0n) is 18.0. The Bertz CT molecular complexity index is 529.